The van der Waals surface area contributed by atoms with Crippen LogP contribution in [0.25, 0.3) is 0 Å². The summed E-state index contributed by atoms with van der Waals surface area (Å²) in [5.74, 6) is 0.368. The first-order chi connectivity index (χ1) is 10.8. The Morgan fingerprint density at radius 1 is 1.00 bits per heavy atom. The molecule has 1 aromatic carbocycles. The first-order valence-electron chi connectivity index (χ1n) is 8.93. The Bertz CT molecular complexity index is 551. The highest BCUT2D eigenvalue weighted by molar-refractivity contribution is 7.89. The predicted molar refractivity (Wildman–Crippen MR) is 98.1 cm³/mol. The summed E-state index contributed by atoms with van der Waals surface area (Å²) in [5.41, 5.74) is 1.07. The van der Waals surface area contributed by atoms with Gasteiger partial charge in [-0.15, -0.1) is 0 Å². The first kappa shape index (κ1) is 20.2. The fraction of sp³-hybridized carbons (Fsp3) is 0.684. The van der Waals surface area contributed by atoms with Crippen LogP contribution in [-0.2, 0) is 10.0 Å². The normalized spacial score (nSPS) is 14.9. The lowest BCUT2D eigenvalue weighted by Gasteiger charge is -2.31. The van der Waals surface area contributed by atoms with Crippen LogP contribution in [0.3, 0.4) is 0 Å². The third kappa shape index (κ3) is 5.61. The highest BCUT2D eigenvalue weighted by atomic mass is 32.2. The number of sulfonamides is 1. The summed E-state index contributed by atoms with van der Waals surface area (Å²) in [7, 11) is -3.41. The molecule has 0 N–H and O–H groups in total. The Hall–Kier alpha value is -0.870. The molecule has 23 heavy (non-hydrogen) atoms. The van der Waals surface area contributed by atoms with E-state index in [0.29, 0.717) is 17.4 Å². The highest BCUT2D eigenvalue weighted by Crippen LogP contribution is 2.24. The summed E-state index contributed by atoms with van der Waals surface area (Å²) in [6.07, 6.45) is 6.00. The molecule has 1 rings (SSSR count). The van der Waals surface area contributed by atoms with Crippen molar-refractivity contribution in [3.05, 3.63) is 29.8 Å². The van der Waals surface area contributed by atoms with Crippen molar-refractivity contribution in [1.29, 1.82) is 0 Å². The van der Waals surface area contributed by atoms with Gasteiger partial charge in [-0.3, -0.25) is 0 Å². The monoisotopic (exact) mass is 339 g/mol. The van der Waals surface area contributed by atoms with E-state index in [0.717, 1.165) is 12.0 Å². The van der Waals surface area contributed by atoms with Gasteiger partial charge >= 0.3 is 0 Å². The highest BCUT2D eigenvalue weighted by Gasteiger charge is 2.30. The smallest absolute Gasteiger partial charge is 0.207 e. The lowest BCUT2D eigenvalue weighted by molar-refractivity contribution is 0.258. The second-order valence-corrected chi connectivity index (χ2v) is 8.48. The van der Waals surface area contributed by atoms with Crippen LogP contribution in [0.15, 0.2) is 29.2 Å². The SMILES string of the molecule is CCCCCCC(C)C(C)N(CC)S(=O)(=O)c1ccc(C)cc1. The van der Waals surface area contributed by atoms with Gasteiger partial charge in [-0.25, -0.2) is 8.42 Å². The molecular formula is C19H33NO2S. The molecule has 0 aliphatic rings. The van der Waals surface area contributed by atoms with Crippen molar-refractivity contribution in [2.75, 3.05) is 6.54 Å². The van der Waals surface area contributed by atoms with E-state index < -0.39 is 10.0 Å². The lowest BCUT2D eigenvalue weighted by Crippen LogP contribution is -2.41. The van der Waals surface area contributed by atoms with Crippen molar-refractivity contribution in [3.8, 4) is 0 Å². The maximum atomic E-state index is 12.9. The van der Waals surface area contributed by atoms with E-state index in [1.165, 1.54) is 25.7 Å². The summed E-state index contributed by atoms with van der Waals surface area (Å²) < 4.78 is 27.5. The van der Waals surface area contributed by atoms with Gasteiger partial charge in [-0.05, 0) is 38.3 Å². The minimum atomic E-state index is -3.41. The summed E-state index contributed by atoms with van der Waals surface area (Å²) in [6.45, 7) is 10.8. The van der Waals surface area contributed by atoms with Gasteiger partial charge in [0, 0.05) is 12.6 Å². The molecule has 0 aliphatic carbocycles. The summed E-state index contributed by atoms with van der Waals surface area (Å²) in [5, 5.41) is 0. The molecule has 0 saturated heterocycles. The minimum absolute atomic E-state index is 0.0212. The van der Waals surface area contributed by atoms with Crippen molar-refractivity contribution in [2.45, 2.75) is 77.7 Å². The Kier molecular flexibility index (Phi) is 8.27. The van der Waals surface area contributed by atoms with Gasteiger partial charge in [0.1, 0.15) is 0 Å². The molecule has 0 heterocycles. The number of benzene rings is 1. The Labute approximate surface area is 143 Å². The van der Waals surface area contributed by atoms with Crippen LogP contribution in [0, 0.1) is 12.8 Å². The number of unbranched alkanes of at least 4 members (excludes halogenated alkanes) is 3. The van der Waals surface area contributed by atoms with Crippen LogP contribution in [0.5, 0.6) is 0 Å². The molecule has 2 unspecified atom stereocenters. The second kappa shape index (κ2) is 9.43. The third-order valence-electron chi connectivity index (χ3n) is 4.73. The molecule has 0 amide bonds. The van der Waals surface area contributed by atoms with Crippen LogP contribution >= 0.6 is 0 Å². The van der Waals surface area contributed by atoms with Crippen LogP contribution in [0.4, 0.5) is 0 Å². The maximum absolute atomic E-state index is 12.9. The zero-order valence-corrected chi connectivity index (χ0v) is 16.2. The molecule has 3 nitrogen and oxygen atoms in total. The number of hydrogen-bond donors (Lipinski definition) is 0. The molecule has 0 spiro atoms. The summed E-state index contributed by atoms with van der Waals surface area (Å²) >= 11 is 0. The van der Waals surface area contributed by atoms with Crippen molar-refractivity contribution in [3.63, 3.8) is 0 Å². The molecule has 1 aromatic rings. The van der Waals surface area contributed by atoms with E-state index in [2.05, 4.69) is 13.8 Å². The molecule has 132 valence electrons. The molecule has 4 heteroatoms. The van der Waals surface area contributed by atoms with Gasteiger partial charge < -0.3 is 0 Å². The fourth-order valence-electron chi connectivity index (χ4n) is 2.94. The van der Waals surface area contributed by atoms with Gasteiger partial charge in [0.05, 0.1) is 4.90 Å². The Morgan fingerprint density at radius 2 is 1.61 bits per heavy atom. The van der Waals surface area contributed by atoms with E-state index in [4.69, 9.17) is 0 Å². The van der Waals surface area contributed by atoms with Crippen molar-refractivity contribution < 1.29 is 8.42 Å². The van der Waals surface area contributed by atoms with E-state index in [9.17, 15) is 8.42 Å². The number of nitrogens with zero attached hydrogens (tertiary/aromatic N) is 1. The van der Waals surface area contributed by atoms with E-state index in [1.54, 1.807) is 16.4 Å². The fourth-order valence-corrected chi connectivity index (χ4v) is 4.68. The molecular weight excluding hydrogens is 306 g/mol. The van der Waals surface area contributed by atoms with Crippen molar-refractivity contribution in [2.24, 2.45) is 5.92 Å². The van der Waals surface area contributed by atoms with Gasteiger partial charge in [-0.1, -0.05) is 64.2 Å². The van der Waals surface area contributed by atoms with Crippen LogP contribution in [0.1, 0.15) is 65.4 Å². The average Bonchev–Trinajstić information content (AvgIpc) is 2.52. The largest absolute Gasteiger partial charge is 0.243 e. The van der Waals surface area contributed by atoms with Gasteiger partial charge in [0.15, 0.2) is 0 Å². The van der Waals surface area contributed by atoms with Gasteiger partial charge in [0.2, 0.25) is 10.0 Å². The topological polar surface area (TPSA) is 37.4 Å². The molecule has 0 fully saturated rings. The molecule has 0 radical (unpaired) electrons. The summed E-state index contributed by atoms with van der Waals surface area (Å²) in [4.78, 5) is 0.398. The lowest BCUT2D eigenvalue weighted by atomic mass is 9.96. The molecule has 0 bridgehead atoms. The Balaban J connectivity index is 2.82. The second-order valence-electron chi connectivity index (χ2n) is 6.59. The van der Waals surface area contributed by atoms with E-state index >= 15 is 0 Å². The van der Waals surface area contributed by atoms with Crippen LogP contribution < -0.4 is 0 Å². The van der Waals surface area contributed by atoms with Crippen molar-refractivity contribution >= 4 is 10.0 Å². The van der Waals surface area contributed by atoms with Crippen LogP contribution in [0.2, 0.25) is 0 Å². The third-order valence-corrected chi connectivity index (χ3v) is 6.81. The summed E-state index contributed by atoms with van der Waals surface area (Å²) in [6, 6.07) is 7.17. The van der Waals surface area contributed by atoms with Gasteiger partial charge in [0.25, 0.3) is 0 Å². The molecule has 0 aliphatic heterocycles. The standard InChI is InChI=1S/C19H33NO2S/c1-6-8-9-10-11-17(4)18(5)20(7-2)23(21,22)19-14-12-16(3)13-15-19/h12-15,17-18H,6-11H2,1-5H3. The van der Waals surface area contributed by atoms with Crippen LogP contribution in [-0.4, -0.2) is 25.3 Å². The van der Waals surface area contributed by atoms with Crippen molar-refractivity contribution in [1.82, 2.24) is 4.31 Å². The van der Waals surface area contributed by atoms with E-state index in [1.807, 2.05) is 32.9 Å². The molecule has 2 atom stereocenters. The maximum Gasteiger partial charge on any atom is 0.243 e. The predicted octanol–water partition coefficient (Wildman–Crippen LogP) is 5.00. The zero-order valence-electron chi connectivity index (χ0n) is 15.4. The molecule has 0 aromatic heterocycles. The first-order valence-corrected chi connectivity index (χ1v) is 10.4. The number of aryl methyl sites for hydroxylation is 1. The average molecular weight is 340 g/mol. The van der Waals surface area contributed by atoms with E-state index in [-0.39, 0.29) is 6.04 Å². The quantitative estimate of drug-likeness (QED) is 0.562. The minimum Gasteiger partial charge on any atom is -0.207 e. The molecule has 0 saturated carbocycles. The number of rotatable bonds is 10. The number of hydrogen-bond acceptors (Lipinski definition) is 2. The van der Waals surface area contributed by atoms with Gasteiger partial charge in [-0.2, -0.15) is 4.31 Å². The Morgan fingerprint density at radius 3 is 2.13 bits per heavy atom. The zero-order chi connectivity index (χ0) is 17.5.